The zero-order chi connectivity index (χ0) is 19.6. The summed E-state index contributed by atoms with van der Waals surface area (Å²) in [4.78, 5) is 49.8. The van der Waals surface area contributed by atoms with Gasteiger partial charge in [-0.3, -0.25) is 19.8 Å². The fraction of sp³-hybridized carbons (Fsp3) is 0.444. The molecule has 0 bridgehead atoms. The minimum Gasteiger partial charge on any atom is -0.335 e. The van der Waals surface area contributed by atoms with E-state index < -0.39 is 36.0 Å². The molecule has 8 nitrogen and oxygen atoms in total. The molecule has 1 aromatic carbocycles. The normalized spacial score (nSPS) is 22.7. The lowest BCUT2D eigenvalue weighted by molar-refractivity contribution is -0.134. The van der Waals surface area contributed by atoms with Crippen LogP contribution in [-0.4, -0.2) is 41.4 Å². The number of benzene rings is 1. The van der Waals surface area contributed by atoms with E-state index in [9.17, 15) is 19.2 Å². The molecule has 1 saturated heterocycles. The highest BCUT2D eigenvalue weighted by molar-refractivity contribution is 6.32. The molecule has 1 aromatic rings. The number of imide groups is 2. The van der Waals surface area contributed by atoms with Gasteiger partial charge in [0.1, 0.15) is 12.1 Å². The van der Waals surface area contributed by atoms with E-state index in [2.05, 4.69) is 16.0 Å². The smallest absolute Gasteiger partial charge is 0.325 e. The van der Waals surface area contributed by atoms with Crippen LogP contribution in [-0.2, 0) is 15.1 Å². The molecule has 2 fully saturated rings. The minimum atomic E-state index is -1.37. The summed E-state index contributed by atoms with van der Waals surface area (Å²) < 4.78 is 0. The summed E-state index contributed by atoms with van der Waals surface area (Å²) in [5, 5.41) is 7.79. The van der Waals surface area contributed by atoms with Crippen molar-refractivity contribution in [3.05, 3.63) is 34.9 Å². The number of hydrogen-bond acceptors (Lipinski definition) is 4. The first kappa shape index (κ1) is 19.2. The van der Waals surface area contributed by atoms with Gasteiger partial charge >= 0.3 is 12.1 Å². The predicted molar refractivity (Wildman–Crippen MR) is 98.0 cm³/mol. The van der Waals surface area contributed by atoms with Crippen LogP contribution in [0.4, 0.5) is 9.59 Å². The molecule has 1 aliphatic heterocycles. The molecular formula is C18H21ClN4O4. The van der Waals surface area contributed by atoms with Gasteiger partial charge in [-0.2, -0.15) is 0 Å². The van der Waals surface area contributed by atoms with E-state index in [-0.39, 0.29) is 6.04 Å². The summed E-state index contributed by atoms with van der Waals surface area (Å²) in [6.07, 6.45) is 3.85. The highest BCUT2D eigenvalue weighted by atomic mass is 35.5. The van der Waals surface area contributed by atoms with Crippen molar-refractivity contribution in [1.82, 2.24) is 20.9 Å². The van der Waals surface area contributed by atoms with Crippen molar-refractivity contribution in [3.63, 3.8) is 0 Å². The third kappa shape index (κ3) is 3.90. The topological polar surface area (TPSA) is 108 Å². The lowest BCUT2D eigenvalue weighted by Crippen LogP contribution is -2.48. The number of carbonyl (C=O) groups is 4. The molecule has 1 aliphatic carbocycles. The monoisotopic (exact) mass is 392 g/mol. The van der Waals surface area contributed by atoms with Crippen LogP contribution in [0, 0.1) is 0 Å². The van der Waals surface area contributed by atoms with Gasteiger partial charge in [-0.25, -0.2) is 9.59 Å². The zero-order valence-electron chi connectivity index (χ0n) is 14.9. The van der Waals surface area contributed by atoms with E-state index in [1.165, 1.54) is 6.92 Å². The Morgan fingerprint density at radius 3 is 2.59 bits per heavy atom. The van der Waals surface area contributed by atoms with Crippen LogP contribution in [0.25, 0.3) is 0 Å². The van der Waals surface area contributed by atoms with Gasteiger partial charge in [0, 0.05) is 16.6 Å². The molecule has 0 unspecified atom stereocenters. The SMILES string of the molecule is C[C@@]1(c2ccccc2Cl)NC(=O)N(CC(=O)NC(=O)NC2CCCC2)C1=O. The third-order valence-electron chi connectivity index (χ3n) is 4.93. The molecule has 27 heavy (non-hydrogen) atoms. The molecule has 9 heteroatoms. The Hall–Kier alpha value is -2.61. The summed E-state index contributed by atoms with van der Waals surface area (Å²) in [5.74, 6) is -1.34. The predicted octanol–water partition coefficient (Wildman–Crippen LogP) is 1.88. The van der Waals surface area contributed by atoms with Crippen LogP contribution in [0.3, 0.4) is 0 Å². The van der Waals surface area contributed by atoms with Gasteiger partial charge in [-0.05, 0) is 25.8 Å². The number of urea groups is 2. The van der Waals surface area contributed by atoms with Gasteiger partial charge in [0.25, 0.3) is 5.91 Å². The molecule has 3 rings (SSSR count). The van der Waals surface area contributed by atoms with Gasteiger partial charge in [0.05, 0.1) is 0 Å². The largest absolute Gasteiger partial charge is 0.335 e. The van der Waals surface area contributed by atoms with Gasteiger partial charge in [0.2, 0.25) is 5.91 Å². The average molecular weight is 393 g/mol. The van der Waals surface area contributed by atoms with Crippen molar-refractivity contribution in [1.29, 1.82) is 0 Å². The van der Waals surface area contributed by atoms with E-state index in [0.717, 1.165) is 30.6 Å². The molecule has 1 saturated carbocycles. The van der Waals surface area contributed by atoms with E-state index in [1.54, 1.807) is 24.3 Å². The molecule has 0 aromatic heterocycles. The molecule has 1 heterocycles. The summed E-state index contributed by atoms with van der Waals surface area (Å²) in [6, 6.07) is 5.39. The first-order chi connectivity index (χ1) is 12.8. The summed E-state index contributed by atoms with van der Waals surface area (Å²) in [7, 11) is 0. The number of nitrogens with one attached hydrogen (secondary N) is 3. The fourth-order valence-corrected chi connectivity index (χ4v) is 3.82. The molecule has 3 N–H and O–H groups in total. The highest BCUT2D eigenvalue weighted by Gasteiger charge is 2.50. The lowest BCUT2D eigenvalue weighted by Gasteiger charge is -2.23. The van der Waals surface area contributed by atoms with Gasteiger partial charge in [-0.1, -0.05) is 42.6 Å². The Labute approximate surface area is 161 Å². The fourth-order valence-electron chi connectivity index (χ4n) is 3.49. The number of hydrogen-bond donors (Lipinski definition) is 3. The number of carbonyl (C=O) groups excluding carboxylic acids is 4. The molecule has 1 atom stereocenters. The first-order valence-corrected chi connectivity index (χ1v) is 9.18. The molecule has 144 valence electrons. The Morgan fingerprint density at radius 1 is 1.26 bits per heavy atom. The summed E-state index contributed by atoms with van der Waals surface area (Å²) in [5.41, 5.74) is -0.936. The Kier molecular flexibility index (Phi) is 5.36. The second kappa shape index (κ2) is 7.56. The van der Waals surface area contributed by atoms with Crippen molar-refractivity contribution in [2.75, 3.05) is 6.54 Å². The Bertz CT molecular complexity index is 793. The second-order valence-corrected chi connectivity index (χ2v) is 7.34. The second-order valence-electron chi connectivity index (χ2n) is 6.93. The Balaban J connectivity index is 1.64. The maximum atomic E-state index is 12.8. The lowest BCUT2D eigenvalue weighted by atomic mass is 9.92. The quantitative estimate of drug-likeness (QED) is 0.680. The molecule has 2 aliphatic rings. The maximum Gasteiger partial charge on any atom is 0.325 e. The van der Waals surface area contributed by atoms with Crippen LogP contribution in [0.2, 0.25) is 5.02 Å². The van der Waals surface area contributed by atoms with Gasteiger partial charge < -0.3 is 10.6 Å². The highest BCUT2D eigenvalue weighted by Crippen LogP contribution is 2.33. The third-order valence-corrected chi connectivity index (χ3v) is 5.26. The Morgan fingerprint density at radius 2 is 1.93 bits per heavy atom. The van der Waals surface area contributed by atoms with Crippen LogP contribution in [0.5, 0.6) is 0 Å². The van der Waals surface area contributed by atoms with Crippen LogP contribution >= 0.6 is 11.6 Å². The maximum absolute atomic E-state index is 12.8. The molecule has 0 radical (unpaired) electrons. The molecule has 0 spiro atoms. The number of amides is 6. The van der Waals surface area contributed by atoms with Crippen molar-refractivity contribution < 1.29 is 19.2 Å². The van der Waals surface area contributed by atoms with Crippen LogP contribution in [0.15, 0.2) is 24.3 Å². The van der Waals surface area contributed by atoms with Crippen LogP contribution in [0.1, 0.15) is 38.2 Å². The minimum absolute atomic E-state index is 0.0537. The summed E-state index contributed by atoms with van der Waals surface area (Å²) in [6.45, 7) is 0.974. The van der Waals surface area contributed by atoms with E-state index in [1.807, 2.05) is 0 Å². The van der Waals surface area contributed by atoms with Crippen LogP contribution < -0.4 is 16.0 Å². The van der Waals surface area contributed by atoms with E-state index in [0.29, 0.717) is 10.6 Å². The number of nitrogens with zero attached hydrogens (tertiary/aromatic N) is 1. The first-order valence-electron chi connectivity index (χ1n) is 8.80. The zero-order valence-corrected chi connectivity index (χ0v) is 15.6. The van der Waals surface area contributed by atoms with Gasteiger partial charge in [0.15, 0.2) is 0 Å². The number of rotatable bonds is 4. The summed E-state index contributed by atoms with van der Waals surface area (Å²) >= 11 is 6.16. The standard InChI is InChI=1S/C18H21ClN4O4/c1-18(12-8-4-5-9-13(12)19)15(25)23(17(27)22-18)10-14(24)21-16(26)20-11-6-2-3-7-11/h4-5,8-9,11H,2-3,6-7,10H2,1H3,(H,22,27)(H2,20,21,24,26)/t18-/m0/s1. The van der Waals surface area contributed by atoms with E-state index in [4.69, 9.17) is 11.6 Å². The van der Waals surface area contributed by atoms with E-state index >= 15 is 0 Å². The van der Waals surface area contributed by atoms with Crippen molar-refractivity contribution in [2.45, 2.75) is 44.2 Å². The van der Waals surface area contributed by atoms with Crippen molar-refractivity contribution in [3.8, 4) is 0 Å². The molecule has 6 amide bonds. The van der Waals surface area contributed by atoms with Crippen molar-refractivity contribution >= 4 is 35.5 Å². The average Bonchev–Trinajstić information content (AvgIpc) is 3.18. The number of halogens is 1. The van der Waals surface area contributed by atoms with Crippen molar-refractivity contribution in [2.24, 2.45) is 0 Å². The molecular weight excluding hydrogens is 372 g/mol. The van der Waals surface area contributed by atoms with Gasteiger partial charge in [-0.15, -0.1) is 0 Å².